The summed E-state index contributed by atoms with van der Waals surface area (Å²) >= 11 is 1.50. The van der Waals surface area contributed by atoms with Crippen molar-refractivity contribution in [1.29, 1.82) is 0 Å². The molecular formula is C20H20F3N3OS. The fourth-order valence-corrected chi connectivity index (χ4v) is 4.04. The first-order valence-corrected chi connectivity index (χ1v) is 9.65. The number of nitrogens with one attached hydrogen (secondary N) is 1. The number of hydrogen-bond acceptors (Lipinski definition) is 4. The van der Waals surface area contributed by atoms with Crippen LogP contribution in [0.3, 0.4) is 0 Å². The van der Waals surface area contributed by atoms with Crippen LogP contribution in [0.5, 0.6) is 0 Å². The molecule has 1 aliphatic rings. The molecule has 0 aromatic heterocycles. The number of carbonyl (C=O) groups excluding carboxylic acids is 1. The van der Waals surface area contributed by atoms with E-state index in [4.69, 9.17) is 5.73 Å². The van der Waals surface area contributed by atoms with Gasteiger partial charge >= 0.3 is 6.18 Å². The molecule has 0 radical (unpaired) electrons. The van der Waals surface area contributed by atoms with E-state index in [2.05, 4.69) is 10.3 Å². The zero-order valence-electron chi connectivity index (χ0n) is 15.4. The molecule has 0 saturated carbocycles. The van der Waals surface area contributed by atoms with E-state index >= 15 is 0 Å². The van der Waals surface area contributed by atoms with Crippen molar-refractivity contribution < 1.29 is 18.0 Å². The molecule has 1 atom stereocenters. The van der Waals surface area contributed by atoms with E-state index in [1.807, 2.05) is 13.0 Å². The number of amides is 1. The molecule has 0 aliphatic carbocycles. The average Bonchev–Trinajstić information content (AvgIpc) is 2.61. The smallest absolute Gasteiger partial charge is 0.379 e. The summed E-state index contributed by atoms with van der Waals surface area (Å²) in [5.74, 6) is 0.249. The number of nitrogens with zero attached hydrogens (tertiary/aromatic N) is 1. The summed E-state index contributed by atoms with van der Waals surface area (Å²) in [6.07, 6.45) is -3.71. The predicted molar refractivity (Wildman–Crippen MR) is 107 cm³/mol. The minimum atomic E-state index is -4.51. The topological polar surface area (TPSA) is 67.5 Å². The largest absolute Gasteiger partial charge is 0.416 e. The van der Waals surface area contributed by atoms with Crippen molar-refractivity contribution >= 4 is 28.5 Å². The van der Waals surface area contributed by atoms with Gasteiger partial charge in [-0.05, 0) is 55.7 Å². The third kappa shape index (κ3) is 4.32. The molecule has 4 nitrogen and oxygen atoms in total. The van der Waals surface area contributed by atoms with Crippen molar-refractivity contribution in [3.63, 3.8) is 0 Å². The molecule has 3 N–H and O–H groups in total. The maximum atomic E-state index is 13.0. The number of benzene rings is 2. The standard InChI is InChI=1S/C20H20F3N3OS/c1-12-6-7-14(20(21,22)23)11-16(12)17(27)25-15-5-3-4-13(10-15)19(2)8-9-28-18(24)26-19/h3-7,10-11H,8-9H2,1-2H3,(H2,24,26)(H,25,27). The van der Waals surface area contributed by atoms with Gasteiger partial charge in [-0.1, -0.05) is 30.0 Å². The highest BCUT2D eigenvalue weighted by Gasteiger charge is 2.32. The van der Waals surface area contributed by atoms with Gasteiger partial charge in [-0.25, -0.2) is 0 Å². The summed E-state index contributed by atoms with van der Waals surface area (Å²) in [5, 5.41) is 3.21. The third-order valence-corrected chi connectivity index (χ3v) is 5.54. The lowest BCUT2D eigenvalue weighted by Crippen LogP contribution is -2.28. The number of anilines is 1. The number of rotatable bonds is 3. The third-order valence-electron chi connectivity index (χ3n) is 4.75. The van der Waals surface area contributed by atoms with Crippen LogP contribution in [0.4, 0.5) is 18.9 Å². The Bertz CT molecular complexity index is 943. The van der Waals surface area contributed by atoms with Crippen molar-refractivity contribution in [1.82, 2.24) is 0 Å². The van der Waals surface area contributed by atoms with Gasteiger partial charge in [0.05, 0.1) is 11.1 Å². The highest BCUT2D eigenvalue weighted by molar-refractivity contribution is 8.13. The van der Waals surface area contributed by atoms with Gasteiger partial charge in [-0.3, -0.25) is 9.79 Å². The Morgan fingerprint density at radius 2 is 2.00 bits per heavy atom. The van der Waals surface area contributed by atoms with E-state index in [0.717, 1.165) is 29.9 Å². The van der Waals surface area contributed by atoms with E-state index in [1.54, 1.807) is 25.1 Å². The average molecular weight is 407 g/mol. The molecule has 8 heteroatoms. The van der Waals surface area contributed by atoms with Crippen LogP contribution in [0.15, 0.2) is 47.5 Å². The van der Waals surface area contributed by atoms with Crippen LogP contribution in [0.25, 0.3) is 0 Å². The second-order valence-corrected chi connectivity index (χ2v) is 8.00. The van der Waals surface area contributed by atoms with E-state index in [1.165, 1.54) is 17.8 Å². The fourth-order valence-electron chi connectivity index (χ4n) is 3.07. The summed E-state index contributed by atoms with van der Waals surface area (Å²) in [5.41, 5.74) is 6.34. The fraction of sp³-hybridized carbons (Fsp3) is 0.300. The maximum Gasteiger partial charge on any atom is 0.416 e. The zero-order chi connectivity index (χ0) is 20.5. The monoisotopic (exact) mass is 407 g/mol. The van der Waals surface area contributed by atoms with E-state index in [0.29, 0.717) is 16.4 Å². The Labute approximate surface area is 165 Å². The highest BCUT2D eigenvalue weighted by Crippen LogP contribution is 2.36. The molecule has 2 aromatic rings. The molecule has 148 valence electrons. The van der Waals surface area contributed by atoms with E-state index < -0.39 is 23.2 Å². The van der Waals surface area contributed by atoms with Crippen molar-refractivity contribution in [3.8, 4) is 0 Å². The lowest BCUT2D eigenvalue weighted by Gasteiger charge is -2.30. The van der Waals surface area contributed by atoms with Gasteiger partial charge < -0.3 is 11.1 Å². The minimum Gasteiger partial charge on any atom is -0.379 e. The van der Waals surface area contributed by atoms with Gasteiger partial charge in [0, 0.05) is 17.0 Å². The van der Waals surface area contributed by atoms with Crippen LogP contribution < -0.4 is 11.1 Å². The first-order chi connectivity index (χ1) is 13.1. The second kappa shape index (κ2) is 7.50. The van der Waals surface area contributed by atoms with Crippen LogP contribution in [0, 0.1) is 6.92 Å². The number of halogens is 3. The van der Waals surface area contributed by atoms with Gasteiger partial charge in [0.15, 0.2) is 5.17 Å². The minimum absolute atomic E-state index is 0.0113. The predicted octanol–water partition coefficient (Wildman–Crippen LogP) is 4.93. The number of nitrogens with two attached hydrogens (primary N) is 1. The lowest BCUT2D eigenvalue weighted by molar-refractivity contribution is -0.137. The van der Waals surface area contributed by atoms with Gasteiger partial charge in [-0.15, -0.1) is 0 Å². The number of aliphatic imine (C=N–C) groups is 1. The first kappa shape index (κ1) is 20.3. The Morgan fingerprint density at radius 3 is 2.68 bits per heavy atom. The summed E-state index contributed by atoms with van der Waals surface area (Å²) in [4.78, 5) is 17.1. The van der Waals surface area contributed by atoms with Crippen molar-refractivity contribution in [3.05, 3.63) is 64.7 Å². The van der Waals surface area contributed by atoms with E-state index in [9.17, 15) is 18.0 Å². The SMILES string of the molecule is Cc1ccc(C(F)(F)F)cc1C(=O)Nc1cccc(C2(C)CCSC(N)=N2)c1. The van der Waals surface area contributed by atoms with Gasteiger partial charge in [-0.2, -0.15) is 13.2 Å². The molecule has 2 aromatic carbocycles. The zero-order valence-corrected chi connectivity index (χ0v) is 16.2. The highest BCUT2D eigenvalue weighted by atomic mass is 32.2. The summed E-state index contributed by atoms with van der Waals surface area (Å²) in [6, 6.07) is 10.3. The van der Waals surface area contributed by atoms with Crippen LogP contribution in [0.2, 0.25) is 0 Å². The lowest BCUT2D eigenvalue weighted by atomic mass is 9.89. The summed E-state index contributed by atoms with van der Waals surface area (Å²) < 4.78 is 38.9. The molecule has 1 unspecified atom stereocenters. The quantitative estimate of drug-likeness (QED) is 0.758. The molecule has 1 amide bonds. The number of alkyl halides is 3. The number of hydrogen-bond donors (Lipinski definition) is 2. The van der Waals surface area contributed by atoms with Crippen molar-refractivity contribution in [2.45, 2.75) is 32.0 Å². The molecule has 0 fully saturated rings. The molecule has 0 saturated heterocycles. The molecule has 1 aliphatic heterocycles. The molecule has 3 rings (SSSR count). The van der Waals surface area contributed by atoms with Gasteiger partial charge in [0.25, 0.3) is 5.91 Å². The van der Waals surface area contributed by atoms with Crippen LogP contribution in [-0.4, -0.2) is 16.8 Å². The van der Waals surface area contributed by atoms with Crippen molar-refractivity contribution in [2.24, 2.45) is 10.7 Å². The molecule has 28 heavy (non-hydrogen) atoms. The maximum absolute atomic E-state index is 13.0. The van der Waals surface area contributed by atoms with Crippen LogP contribution >= 0.6 is 11.8 Å². The molecule has 0 spiro atoms. The van der Waals surface area contributed by atoms with Gasteiger partial charge in [0.1, 0.15) is 0 Å². The Balaban J connectivity index is 1.87. The first-order valence-electron chi connectivity index (χ1n) is 8.66. The number of aryl methyl sites for hydroxylation is 1. The Kier molecular flexibility index (Phi) is 5.43. The van der Waals surface area contributed by atoms with E-state index in [-0.39, 0.29) is 5.56 Å². The molecule has 0 bridgehead atoms. The Hall–Kier alpha value is -2.48. The van der Waals surface area contributed by atoms with Crippen molar-refractivity contribution in [2.75, 3.05) is 11.1 Å². The molecular weight excluding hydrogens is 387 g/mol. The van der Waals surface area contributed by atoms with Gasteiger partial charge in [0.2, 0.25) is 0 Å². The molecule has 1 heterocycles. The summed E-state index contributed by atoms with van der Waals surface area (Å²) in [7, 11) is 0. The Morgan fingerprint density at radius 1 is 1.25 bits per heavy atom. The second-order valence-electron chi connectivity index (χ2n) is 6.88. The number of amidine groups is 1. The van der Waals surface area contributed by atoms with Crippen LogP contribution in [0.1, 0.15) is 40.4 Å². The number of thioether (sulfide) groups is 1. The summed E-state index contributed by atoms with van der Waals surface area (Å²) in [6.45, 7) is 3.57. The van der Waals surface area contributed by atoms with Crippen LogP contribution in [-0.2, 0) is 11.7 Å². The normalized spacial score (nSPS) is 19.8. The number of carbonyl (C=O) groups is 1.